The summed E-state index contributed by atoms with van der Waals surface area (Å²) in [7, 11) is 0. The molecule has 0 bridgehead atoms. The summed E-state index contributed by atoms with van der Waals surface area (Å²) in [4.78, 5) is 11.1. The lowest BCUT2D eigenvalue weighted by Gasteiger charge is -2.03. The second-order valence-electron chi connectivity index (χ2n) is 6.82. The normalized spacial score (nSPS) is 10.5. The lowest BCUT2D eigenvalue weighted by molar-refractivity contribution is -0.143. The summed E-state index contributed by atoms with van der Waals surface area (Å²) in [5, 5.41) is 24.0. The van der Waals surface area contributed by atoms with Gasteiger partial charge in [0.1, 0.15) is 6.10 Å². The van der Waals surface area contributed by atoms with Crippen molar-refractivity contribution >= 4 is 5.97 Å². The van der Waals surface area contributed by atoms with E-state index in [1.807, 2.05) is 6.92 Å². The van der Waals surface area contributed by atoms with Crippen LogP contribution in [0.3, 0.4) is 0 Å². The number of hydrogen-bond acceptors (Lipinski definition) is 5. The largest absolute Gasteiger partial charge is 0.466 e. The summed E-state index contributed by atoms with van der Waals surface area (Å²) in [6.45, 7) is 3.92. The van der Waals surface area contributed by atoms with Crippen LogP contribution in [0.4, 0.5) is 0 Å². The van der Waals surface area contributed by atoms with E-state index in [1.54, 1.807) is 0 Å². The average molecular weight is 377 g/mol. The van der Waals surface area contributed by atoms with E-state index in [9.17, 15) is 4.79 Å². The van der Waals surface area contributed by atoms with Crippen LogP contribution in [0.1, 0.15) is 104 Å². The highest BCUT2D eigenvalue weighted by Gasteiger charge is 2.00. The summed E-state index contributed by atoms with van der Waals surface area (Å²) in [5.41, 5.74) is 0. The minimum absolute atomic E-state index is 0.0319. The second-order valence-corrected chi connectivity index (χ2v) is 6.82. The molecule has 0 radical (unpaired) electrons. The minimum Gasteiger partial charge on any atom is -0.466 e. The number of esters is 1. The van der Waals surface area contributed by atoms with Gasteiger partial charge in [-0.25, -0.2) is 0 Å². The molecule has 0 heterocycles. The molecule has 5 nitrogen and oxygen atoms in total. The van der Waals surface area contributed by atoms with Crippen molar-refractivity contribution < 1.29 is 24.9 Å². The van der Waals surface area contributed by atoms with Crippen LogP contribution in [0, 0.1) is 0 Å². The van der Waals surface area contributed by atoms with Crippen LogP contribution in [0.15, 0.2) is 0 Å². The molecule has 0 aliphatic heterocycles. The van der Waals surface area contributed by atoms with Gasteiger partial charge >= 0.3 is 5.97 Å². The Labute approximate surface area is 161 Å². The molecule has 0 saturated heterocycles. The standard InChI is InChI=1S/C18H36O2.C3H8O3/c1-3-5-6-7-8-9-10-11-12-13-14-15-16-17-18(19)20-4-2;4-1-3(6)2-5/h3-17H2,1-2H3;3-6H,1-2H2. The summed E-state index contributed by atoms with van der Waals surface area (Å²) < 4.78 is 4.91. The maximum absolute atomic E-state index is 11.1. The molecule has 3 N–H and O–H groups in total. The zero-order valence-corrected chi connectivity index (χ0v) is 17.3. The van der Waals surface area contributed by atoms with E-state index in [-0.39, 0.29) is 19.2 Å². The molecular weight excluding hydrogens is 332 g/mol. The monoisotopic (exact) mass is 376 g/mol. The molecule has 158 valence electrons. The highest BCUT2D eigenvalue weighted by molar-refractivity contribution is 5.69. The molecule has 5 heteroatoms. The highest BCUT2D eigenvalue weighted by Crippen LogP contribution is 2.13. The summed E-state index contributed by atoms with van der Waals surface area (Å²) in [6.07, 6.45) is 17.1. The number of rotatable bonds is 17. The number of aliphatic hydroxyl groups excluding tert-OH is 3. The zero-order chi connectivity index (χ0) is 19.9. The van der Waals surface area contributed by atoms with Gasteiger partial charge in [-0.2, -0.15) is 0 Å². The van der Waals surface area contributed by atoms with E-state index < -0.39 is 6.10 Å². The average Bonchev–Trinajstić information content (AvgIpc) is 2.65. The van der Waals surface area contributed by atoms with Crippen molar-refractivity contribution in [1.29, 1.82) is 0 Å². The predicted molar refractivity (Wildman–Crippen MR) is 107 cm³/mol. The van der Waals surface area contributed by atoms with E-state index in [2.05, 4.69) is 6.92 Å². The molecule has 0 aromatic heterocycles. The van der Waals surface area contributed by atoms with E-state index in [0.717, 1.165) is 6.42 Å². The van der Waals surface area contributed by atoms with Gasteiger partial charge in [0.2, 0.25) is 0 Å². The molecule has 0 aromatic carbocycles. The molecule has 0 atom stereocenters. The van der Waals surface area contributed by atoms with Gasteiger partial charge in [-0.05, 0) is 13.3 Å². The van der Waals surface area contributed by atoms with Crippen LogP contribution in [0.2, 0.25) is 0 Å². The van der Waals surface area contributed by atoms with Crippen LogP contribution in [0.25, 0.3) is 0 Å². The fraction of sp³-hybridized carbons (Fsp3) is 0.952. The molecule has 0 unspecified atom stereocenters. The molecule has 0 aromatic rings. The van der Waals surface area contributed by atoms with Crippen molar-refractivity contribution in [2.75, 3.05) is 19.8 Å². The Bertz CT molecular complexity index is 267. The molecule has 0 rings (SSSR count). The van der Waals surface area contributed by atoms with E-state index in [4.69, 9.17) is 20.1 Å². The lowest BCUT2D eigenvalue weighted by atomic mass is 10.0. The molecule has 0 fully saturated rings. The van der Waals surface area contributed by atoms with Crippen LogP contribution in [-0.2, 0) is 9.53 Å². The number of ether oxygens (including phenoxy) is 1. The van der Waals surface area contributed by atoms with Gasteiger partial charge in [0.15, 0.2) is 0 Å². The van der Waals surface area contributed by atoms with Crippen LogP contribution in [-0.4, -0.2) is 47.2 Å². The summed E-state index contributed by atoms with van der Waals surface area (Å²) >= 11 is 0. The van der Waals surface area contributed by atoms with Gasteiger partial charge in [0, 0.05) is 6.42 Å². The second kappa shape index (κ2) is 24.4. The first-order chi connectivity index (χ1) is 12.6. The van der Waals surface area contributed by atoms with Crippen molar-refractivity contribution in [2.24, 2.45) is 0 Å². The van der Waals surface area contributed by atoms with Crippen molar-refractivity contribution in [3.05, 3.63) is 0 Å². The van der Waals surface area contributed by atoms with Crippen LogP contribution < -0.4 is 0 Å². The Morgan fingerprint density at radius 1 is 0.731 bits per heavy atom. The first-order valence-electron chi connectivity index (χ1n) is 10.7. The van der Waals surface area contributed by atoms with Crippen molar-refractivity contribution in [1.82, 2.24) is 0 Å². The van der Waals surface area contributed by atoms with Gasteiger partial charge in [-0.3, -0.25) is 4.79 Å². The first-order valence-corrected chi connectivity index (χ1v) is 10.7. The SMILES string of the molecule is CCCCCCCCCCCCCCCC(=O)OCC.OCC(O)CO. The third-order valence-corrected chi connectivity index (χ3v) is 4.21. The topological polar surface area (TPSA) is 87.0 Å². The Morgan fingerprint density at radius 2 is 1.12 bits per heavy atom. The van der Waals surface area contributed by atoms with Crippen molar-refractivity contribution in [3.8, 4) is 0 Å². The number of carbonyl (C=O) groups is 1. The van der Waals surface area contributed by atoms with E-state index >= 15 is 0 Å². The molecule has 0 spiro atoms. The maximum Gasteiger partial charge on any atom is 0.305 e. The fourth-order valence-electron chi connectivity index (χ4n) is 2.58. The Morgan fingerprint density at radius 3 is 1.42 bits per heavy atom. The smallest absolute Gasteiger partial charge is 0.305 e. The fourth-order valence-corrected chi connectivity index (χ4v) is 2.58. The van der Waals surface area contributed by atoms with Crippen LogP contribution in [0.5, 0.6) is 0 Å². The van der Waals surface area contributed by atoms with Crippen molar-refractivity contribution in [2.45, 2.75) is 110 Å². The highest BCUT2D eigenvalue weighted by atomic mass is 16.5. The molecular formula is C21H44O5. The third kappa shape index (κ3) is 25.6. The molecule has 0 amide bonds. The van der Waals surface area contributed by atoms with Gasteiger partial charge in [0.25, 0.3) is 0 Å². The molecule has 0 aliphatic rings. The Balaban J connectivity index is 0. The minimum atomic E-state index is -0.954. The summed E-state index contributed by atoms with van der Waals surface area (Å²) in [5.74, 6) is -0.0319. The van der Waals surface area contributed by atoms with Crippen molar-refractivity contribution in [3.63, 3.8) is 0 Å². The van der Waals surface area contributed by atoms with E-state index in [1.165, 1.54) is 77.0 Å². The Kier molecular flexibility index (Phi) is 25.8. The van der Waals surface area contributed by atoms with Crippen LogP contribution >= 0.6 is 0 Å². The first kappa shape index (κ1) is 27.6. The number of carbonyl (C=O) groups excluding carboxylic acids is 1. The number of hydrogen-bond donors (Lipinski definition) is 3. The quantitative estimate of drug-likeness (QED) is 0.259. The maximum atomic E-state index is 11.1. The molecule has 0 aliphatic carbocycles. The molecule has 0 saturated carbocycles. The summed E-state index contributed by atoms with van der Waals surface area (Å²) in [6, 6.07) is 0. The lowest BCUT2D eigenvalue weighted by Crippen LogP contribution is -2.15. The third-order valence-electron chi connectivity index (χ3n) is 4.21. The zero-order valence-electron chi connectivity index (χ0n) is 17.3. The van der Waals surface area contributed by atoms with Gasteiger partial charge in [0.05, 0.1) is 19.8 Å². The Hall–Kier alpha value is -0.650. The van der Waals surface area contributed by atoms with Gasteiger partial charge < -0.3 is 20.1 Å². The predicted octanol–water partition coefficient (Wildman–Crippen LogP) is 4.36. The number of aliphatic hydroxyl groups is 3. The number of unbranched alkanes of at least 4 members (excludes halogenated alkanes) is 12. The van der Waals surface area contributed by atoms with E-state index in [0.29, 0.717) is 13.0 Å². The van der Waals surface area contributed by atoms with Gasteiger partial charge in [-0.15, -0.1) is 0 Å². The van der Waals surface area contributed by atoms with Gasteiger partial charge in [-0.1, -0.05) is 84.0 Å². The molecule has 26 heavy (non-hydrogen) atoms.